The first-order valence-electron chi connectivity index (χ1n) is 5.55. The second-order valence-electron chi connectivity index (χ2n) is 4.11. The molecule has 0 spiro atoms. The molecule has 0 heterocycles. The number of rotatable bonds is 5. The number of nitrogens with zero attached hydrogens (tertiary/aromatic N) is 1. The lowest BCUT2D eigenvalue weighted by atomic mass is 10.1. The lowest BCUT2D eigenvalue weighted by Crippen LogP contribution is -2.57. The Morgan fingerprint density at radius 1 is 1.38 bits per heavy atom. The van der Waals surface area contributed by atoms with Gasteiger partial charge in [0.2, 0.25) is 0 Å². The standard InChI is InChI=1S/C12H22N3O/c1-4-15(14,7-8-16-3)11-5-6-12(13)10(2)9-11/h5-6,9H,4,7-8,13-14H2,1-3H3/q+1. The van der Waals surface area contributed by atoms with E-state index in [9.17, 15) is 0 Å². The molecule has 0 saturated carbocycles. The number of quaternary nitrogens is 1. The summed E-state index contributed by atoms with van der Waals surface area (Å²) in [6.45, 7) is 6.30. The van der Waals surface area contributed by atoms with Crippen molar-refractivity contribution in [1.29, 1.82) is 0 Å². The van der Waals surface area contributed by atoms with E-state index in [1.165, 1.54) is 0 Å². The predicted molar refractivity (Wildman–Crippen MR) is 68.9 cm³/mol. The fourth-order valence-corrected chi connectivity index (χ4v) is 1.66. The third-order valence-corrected chi connectivity index (χ3v) is 3.03. The molecule has 0 amide bonds. The van der Waals surface area contributed by atoms with Gasteiger partial charge in [-0.3, -0.25) is 0 Å². The molecule has 1 rings (SSSR count). The van der Waals surface area contributed by atoms with E-state index in [4.69, 9.17) is 16.3 Å². The molecule has 0 aromatic heterocycles. The first-order chi connectivity index (χ1) is 7.53. The van der Waals surface area contributed by atoms with Crippen LogP contribution in [-0.4, -0.2) is 26.8 Å². The zero-order chi connectivity index (χ0) is 12.2. The fraction of sp³-hybridized carbons (Fsp3) is 0.500. The number of benzene rings is 1. The summed E-state index contributed by atoms with van der Waals surface area (Å²) in [6.07, 6.45) is 0. The lowest BCUT2D eigenvalue weighted by Gasteiger charge is -2.31. The van der Waals surface area contributed by atoms with Crippen molar-refractivity contribution in [2.75, 3.05) is 32.5 Å². The summed E-state index contributed by atoms with van der Waals surface area (Å²) in [5.74, 6) is 6.34. The van der Waals surface area contributed by atoms with E-state index in [-0.39, 0.29) is 0 Å². The minimum absolute atomic E-state index is 0.384. The Bertz CT molecular complexity index is 354. The number of hydrogen-bond donors (Lipinski definition) is 2. The average molecular weight is 224 g/mol. The van der Waals surface area contributed by atoms with Crippen LogP contribution in [0.4, 0.5) is 11.4 Å². The second kappa shape index (κ2) is 5.30. The number of nitrogens with two attached hydrogens (primary N) is 2. The van der Waals surface area contributed by atoms with Crippen LogP contribution >= 0.6 is 0 Å². The van der Waals surface area contributed by atoms with E-state index in [1.807, 2.05) is 19.1 Å². The summed E-state index contributed by atoms with van der Waals surface area (Å²) in [6, 6.07) is 5.95. The molecule has 1 aromatic rings. The molecule has 4 N–H and O–H groups in total. The molecule has 16 heavy (non-hydrogen) atoms. The highest BCUT2D eigenvalue weighted by atomic mass is 16.5. The van der Waals surface area contributed by atoms with Gasteiger partial charge in [-0.15, -0.1) is 0 Å². The molecule has 0 saturated heterocycles. The van der Waals surface area contributed by atoms with Crippen molar-refractivity contribution in [1.82, 2.24) is 4.59 Å². The van der Waals surface area contributed by atoms with E-state index in [2.05, 4.69) is 13.0 Å². The molecule has 0 aliphatic heterocycles. The Kier molecular flexibility index (Phi) is 4.29. The van der Waals surface area contributed by atoms with Gasteiger partial charge in [-0.05, 0) is 25.5 Å². The van der Waals surface area contributed by atoms with Crippen LogP contribution in [0.5, 0.6) is 0 Å². The van der Waals surface area contributed by atoms with Crippen molar-refractivity contribution in [3.05, 3.63) is 23.8 Å². The maximum atomic E-state index is 6.34. The Balaban J connectivity index is 2.97. The summed E-state index contributed by atoms with van der Waals surface area (Å²) in [7, 11) is 1.69. The number of methoxy groups -OCH3 is 1. The molecule has 0 fully saturated rings. The largest absolute Gasteiger partial charge is 0.399 e. The molecular formula is C12H22N3O+. The SMILES string of the molecule is CC[N+](N)(CCOC)c1ccc(N)c(C)c1. The van der Waals surface area contributed by atoms with Crippen molar-refractivity contribution in [2.45, 2.75) is 13.8 Å². The quantitative estimate of drug-likeness (QED) is 0.344. The van der Waals surface area contributed by atoms with Crippen LogP contribution in [0, 0.1) is 6.92 Å². The average Bonchev–Trinajstić information content (AvgIpc) is 2.29. The molecule has 0 aliphatic carbocycles. The molecule has 0 aliphatic rings. The highest BCUT2D eigenvalue weighted by molar-refractivity contribution is 5.55. The second-order valence-corrected chi connectivity index (χ2v) is 4.11. The van der Waals surface area contributed by atoms with Gasteiger partial charge in [-0.1, -0.05) is 0 Å². The van der Waals surface area contributed by atoms with Gasteiger partial charge in [0.25, 0.3) is 0 Å². The third kappa shape index (κ3) is 2.72. The Hall–Kier alpha value is -1.10. The summed E-state index contributed by atoms with van der Waals surface area (Å²) >= 11 is 0. The third-order valence-electron chi connectivity index (χ3n) is 3.03. The van der Waals surface area contributed by atoms with Crippen molar-refractivity contribution in [2.24, 2.45) is 5.84 Å². The van der Waals surface area contributed by atoms with Crippen LogP contribution in [0.3, 0.4) is 0 Å². The number of aryl methyl sites for hydroxylation is 1. The molecule has 0 bridgehead atoms. The van der Waals surface area contributed by atoms with E-state index >= 15 is 0 Å². The summed E-state index contributed by atoms with van der Waals surface area (Å²) in [4.78, 5) is 0. The van der Waals surface area contributed by atoms with Gasteiger partial charge in [0.15, 0.2) is 5.69 Å². The van der Waals surface area contributed by atoms with Crippen LogP contribution < -0.4 is 16.2 Å². The summed E-state index contributed by atoms with van der Waals surface area (Å²) < 4.78 is 5.48. The first kappa shape index (κ1) is 13.0. The lowest BCUT2D eigenvalue weighted by molar-refractivity contribution is 0.153. The maximum Gasteiger partial charge on any atom is 0.152 e. The van der Waals surface area contributed by atoms with Crippen molar-refractivity contribution in [3.63, 3.8) is 0 Å². The van der Waals surface area contributed by atoms with Crippen LogP contribution in [-0.2, 0) is 4.74 Å². The zero-order valence-electron chi connectivity index (χ0n) is 10.4. The van der Waals surface area contributed by atoms with E-state index in [0.29, 0.717) is 11.2 Å². The Morgan fingerprint density at radius 3 is 2.56 bits per heavy atom. The van der Waals surface area contributed by atoms with Crippen LogP contribution in [0.15, 0.2) is 18.2 Å². The van der Waals surface area contributed by atoms with E-state index in [0.717, 1.165) is 30.0 Å². The Morgan fingerprint density at radius 2 is 2.06 bits per heavy atom. The normalized spacial score (nSPS) is 14.8. The number of nitrogen functional groups attached to an aromatic ring is 1. The van der Waals surface area contributed by atoms with Gasteiger partial charge >= 0.3 is 0 Å². The van der Waals surface area contributed by atoms with Crippen molar-refractivity contribution in [3.8, 4) is 0 Å². The fourth-order valence-electron chi connectivity index (χ4n) is 1.66. The molecule has 4 nitrogen and oxygen atoms in total. The summed E-state index contributed by atoms with van der Waals surface area (Å²) in [5.41, 5.74) is 8.75. The first-order valence-corrected chi connectivity index (χ1v) is 5.55. The topological polar surface area (TPSA) is 61.3 Å². The minimum atomic E-state index is 0.384. The minimum Gasteiger partial charge on any atom is -0.399 e. The number of hydrogen-bond acceptors (Lipinski definition) is 3. The molecule has 1 aromatic carbocycles. The highest BCUT2D eigenvalue weighted by Crippen LogP contribution is 2.23. The predicted octanol–water partition coefficient (Wildman–Crippen LogP) is 1.42. The summed E-state index contributed by atoms with van der Waals surface area (Å²) in [5, 5.41) is 0. The molecule has 1 atom stereocenters. The van der Waals surface area contributed by atoms with Crippen molar-refractivity contribution < 1.29 is 4.74 Å². The maximum absolute atomic E-state index is 6.34. The van der Waals surface area contributed by atoms with Gasteiger partial charge in [0.1, 0.15) is 6.54 Å². The van der Waals surface area contributed by atoms with Gasteiger partial charge in [0.05, 0.1) is 13.2 Å². The molecule has 0 radical (unpaired) electrons. The monoisotopic (exact) mass is 224 g/mol. The number of likely N-dealkylation sites (N-methyl/N-ethyl adjacent to an activating group) is 1. The molecule has 90 valence electrons. The van der Waals surface area contributed by atoms with Gasteiger partial charge in [-0.2, -0.15) is 5.84 Å². The van der Waals surface area contributed by atoms with Gasteiger partial charge < -0.3 is 10.5 Å². The van der Waals surface area contributed by atoms with Gasteiger partial charge in [-0.25, -0.2) is 4.59 Å². The zero-order valence-corrected chi connectivity index (χ0v) is 10.4. The van der Waals surface area contributed by atoms with Crippen LogP contribution in [0.2, 0.25) is 0 Å². The van der Waals surface area contributed by atoms with Crippen molar-refractivity contribution >= 4 is 11.4 Å². The van der Waals surface area contributed by atoms with E-state index < -0.39 is 0 Å². The number of ether oxygens (including phenoxy) is 1. The van der Waals surface area contributed by atoms with Crippen LogP contribution in [0.25, 0.3) is 0 Å². The molecular weight excluding hydrogens is 202 g/mol. The van der Waals surface area contributed by atoms with E-state index in [1.54, 1.807) is 7.11 Å². The highest BCUT2D eigenvalue weighted by Gasteiger charge is 2.24. The number of anilines is 1. The van der Waals surface area contributed by atoms with Gasteiger partial charge in [0, 0.05) is 24.9 Å². The Labute approximate surface area is 97.4 Å². The molecule has 1 unspecified atom stereocenters. The smallest absolute Gasteiger partial charge is 0.152 e. The van der Waals surface area contributed by atoms with Crippen LogP contribution in [0.1, 0.15) is 12.5 Å². The molecule has 4 heteroatoms.